The molecule has 0 radical (unpaired) electrons. The van der Waals surface area contributed by atoms with Gasteiger partial charge in [0.2, 0.25) is 0 Å². The normalized spacial score (nSPS) is 27.8. The average Bonchev–Trinajstić information content (AvgIpc) is 2.63. The third-order valence-electron chi connectivity index (χ3n) is 4.56. The molecule has 0 bridgehead atoms. The molecule has 1 N–H and O–H groups in total. The number of hydrogen-bond acceptors (Lipinski definition) is 2. The summed E-state index contributed by atoms with van der Waals surface area (Å²) < 4.78 is 0.875. The van der Waals surface area contributed by atoms with Crippen LogP contribution in [0.1, 0.15) is 68.4 Å². The summed E-state index contributed by atoms with van der Waals surface area (Å²) in [4.78, 5) is 8.33. The van der Waals surface area contributed by atoms with Gasteiger partial charge in [-0.15, -0.1) is 0 Å². The molecular formula is C15H22N2S. The average molecular weight is 262 g/mol. The lowest BCUT2D eigenvalue weighted by Gasteiger charge is -2.13. The molecule has 1 heterocycles. The van der Waals surface area contributed by atoms with E-state index >= 15 is 0 Å². The summed E-state index contributed by atoms with van der Waals surface area (Å²) in [5.41, 5.74) is 2.72. The molecule has 0 spiro atoms. The second kappa shape index (κ2) is 5.12. The molecule has 1 fully saturated rings. The zero-order valence-corrected chi connectivity index (χ0v) is 12.0. The van der Waals surface area contributed by atoms with Gasteiger partial charge in [-0.1, -0.05) is 25.6 Å². The number of hydrogen-bond donors (Lipinski definition) is 1. The van der Waals surface area contributed by atoms with Crippen LogP contribution in [0.2, 0.25) is 0 Å². The van der Waals surface area contributed by atoms with Crippen LogP contribution in [-0.4, -0.2) is 9.97 Å². The smallest absolute Gasteiger partial charge is 0.133 e. The van der Waals surface area contributed by atoms with Crippen molar-refractivity contribution >= 4 is 12.2 Å². The fourth-order valence-corrected chi connectivity index (χ4v) is 3.79. The zero-order valence-electron chi connectivity index (χ0n) is 11.2. The molecule has 98 valence electrons. The number of H-pyrrole nitrogens is 1. The monoisotopic (exact) mass is 262 g/mol. The van der Waals surface area contributed by atoms with Gasteiger partial charge in [0.25, 0.3) is 0 Å². The van der Waals surface area contributed by atoms with E-state index in [2.05, 4.69) is 11.9 Å². The molecule has 2 aliphatic carbocycles. The van der Waals surface area contributed by atoms with Crippen LogP contribution in [0.15, 0.2) is 0 Å². The Morgan fingerprint density at radius 3 is 2.78 bits per heavy atom. The van der Waals surface area contributed by atoms with Gasteiger partial charge < -0.3 is 4.98 Å². The van der Waals surface area contributed by atoms with Crippen molar-refractivity contribution in [3.05, 3.63) is 21.7 Å². The molecule has 0 aliphatic heterocycles. The molecule has 1 saturated carbocycles. The maximum absolute atomic E-state index is 5.52. The van der Waals surface area contributed by atoms with Gasteiger partial charge in [0.1, 0.15) is 10.5 Å². The van der Waals surface area contributed by atoms with E-state index in [1.165, 1.54) is 55.6 Å². The predicted octanol–water partition coefficient (Wildman–Crippen LogP) is 4.31. The Morgan fingerprint density at radius 2 is 2.00 bits per heavy atom. The molecule has 1 aromatic heterocycles. The molecule has 2 unspecified atom stereocenters. The molecule has 0 aromatic carbocycles. The highest BCUT2D eigenvalue weighted by Crippen LogP contribution is 2.36. The van der Waals surface area contributed by atoms with Crippen molar-refractivity contribution in [1.29, 1.82) is 0 Å². The molecule has 18 heavy (non-hydrogen) atoms. The fourth-order valence-electron chi connectivity index (χ4n) is 3.46. The lowest BCUT2D eigenvalue weighted by molar-refractivity contribution is 0.582. The van der Waals surface area contributed by atoms with Crippen LogP contribution in [0, 0.1) is 10.6 Å². The van der Waals surface area contributed by atoms with Crippen LogP contribution in [0.5, 0.6) is 0 Å². The van der Waals surface area contributed by atoms with Gasteiger partial charge in [0, 0.05) is 17.2 Å². The van der Waals surface area contributed by atoms with Gasteiger partial charge in [-0.2, -0.15) is 0 Å². The number of nitrogens with zero attached hydrogens (tertiary/aromatic N) is 1. The molecule has 2 aliphatic rings. The zero-order chi connectivity index (χ0) is 12.5. The van der Waals surface area contributed by atoms with Gasteiger partial charge in [-0.25, -0.2) is 4.98 Å². The van der Waals surface area contributed by atoms with Gasteiger partial charge in [0.15, 0.2) is 0 Å². The van der Waals surface area contributed by atoms with Crippen LogP contribution in [-0.2, 0) is 12.8 Å². The Labute approximate surface area is 114 Å². The third-order valence-corrected chi connectivity index (χ3v) is 4.90. The Balaban J connectivity index is 1.95. The first-order chi connectivity index (χ1) is 8.74. The van der Waals surface area contributed by atoms with Crippen molar-refractivity contribution in [2.24, 2.45) is 5.92 Å². The molecule has 3 heteroatoms. The van der Waals surface area contributed by atoms with Crippen molar-refractivity contribution in [1.82, 2.24) is 9.97 Å². The van der Waals surface area contributed by atoms with E-state index < -0.39 is 0 Å². The van der Waals surface area contributed by atoms with Crippen LogP contribution in [0.4, 0.5) is 0 Å². The minimum Gasteiger partial charge on any atom is -0.347 e. The first-order valence-electron chi connectivity index (χ1n) is 7.36. The van der Waals surface area contributed by atoms with E-state index in [4.69, 9.17) is 17.2 Å². The molecule has 0 saturated heterocycles. The molecule has 1 aromatic rings. The summed E-state index contributed by atoms with van der Waals surface area (Å²) in [6.45, 7) is 2.35. The van der Waals surface area contributed by atoms with Crippen molar-refractivity contribution in [2.75, 3.05) is 0 Å². The number of rotatable bonds is 1. The minimum atomic E-state index is 0.621. The van der Waals surface area contributed by atoms with Crippen molar-refractivity contribution < 1.29 is 0 Å². The summed E-state index contributed by atoms with van der Waals surface area (Å²) in [6.07, 6.45) is 10.1. The minimum absolute atomic E-state index is 0.621. The first kappa shape index (κ1) is 12.3. The number of nitrogens with one attached hydrogen (secondary N) is 1. The van der Waals surface area contributed by atoms with Gasteiger partial charge in [-0.05, 0) is 50.9 Å². The quantitative estimate of drug-likeness (QED) is 0.603. The topological polar surface area (TPSA) is 28.7 Å². The summed E-state index contributed by atoms with van der Waals surface area (Å²) in [5, 5.41) is 0. The maximum Gasteiger partial charge on any atom is 0.133 e. The van der Waals surface area contributed by atoms with E-state index in [-0.39, 0.29) is 0 Å². The number of fused-ring (bicyclic) bond motifs is 1. The molecule has 3 rings (SSSR count). The van der Waals surface area contributed by atoms with E-state index in [0.717, 1.165) is 23.4 Å². The highest BCUT2D eigenvalue weighted by molar-refractivity contribution is 7.71. The highest BCUT2D eigenvalue weighted by Gasteiger charge is 2.25. The molecule has 0 amide bonds. The number of aromatic amines is 1. The summed E-state index contributed by atoms with van der Waals surface area (Å²) in [6, 6.07) is 0. The van der Waals surface area contributed by atoms with Crippen molar-refractivity contribution in [3.8, 4) is 0 Å². The molecule has 2 atom stereocenters. The van der Waals surface area contributed by atoms with Crippen LogP contribution in [0.25, 0.3) is 0 Å². The second-order valence-corrected chi connectivity index (χ2v) is 6.45. The highest BCUT2D eigenvalue weighted by atomic mass is 32.1. The molecule has 2 nitrogen and oxygen atoms in total. The van der Waals surface area contributed by atoms with Crippen LogP contribution >= 0.6 is 12.2 Å². The molecular weight excluding hydrogens is 240 g/mol. The number of aromatic nitrogens is 2. The van der Waals surface area contributed by atoms with Gasteiger partial charge >= 0.3 is 0 Å². The number of aryl methyl sites for hydroxylation is 1. The lowest BCUT2D eigenvalue weighted by Crippen LogP contribution is -2.07. The van der Waals surface area contributed by atoms with Crippen LogP contribution in [0.3, 0.4) is 0 Å². The van der Waals surface area contributed by atoms with E-state index in [1.54, 1.807) is 0 Å². The Hall–Kier alpha value is -0.700. The summed E-state index contributed by atoms with van der Waals surface area (Å²) >= 11 is 5.52. The Bertz CT molecular complexity index is 492. The van der Waals surface area contributed by atoms with E-state index in [1.807, 2.05) is 0 Å². The fraction of sp³-hybridized carbons (Fsp3) is 0.733. The Kier molecular flexibility index (Phi) is 3.51. The van der Waals surface area contributed by atoms with Crippen LogP contribution < -0.4 is 0 Å². The summed E-state index contributed by atoms with van der Waals surface area (Å²) in [5.74, 6) is 2.64. The predicted molar refractivity (Wildman–Crippen MR) is 76.4 cm³/mol. The largest absolute Gasteiger partial charge is 0.347 e. The second-order valence-electron chi connectivity index (χ2n) is 6.06. The Morgan fingerprint density at radius 1 is 1.17 bits per heavy atom. The van der Waals surface area contributed by atoms with Gasteiger partial charge in [0.05, 0.1) is 0 Å². The lowest BCUT2D eigenvalue weighted by atomic mass is 10.0. The maximum atomic E-state index is 5.52. The van der Waals surface area contributed by atoms with E-state index in [9.17, 15) is 0 Å². The first-order valence-corrected chi connectivity index (χ1v) is 7.77. The van der Waals surface area contributed by atoms with Crippen molar-refractivity contribution in [2.45, 2.75) is 64.2 Å². The van der Waals surface area contributed by atoms with E-state index in [0.29, 0.717) is 5.92 Å². The standard InChI is InChI=1S/C15H22N2S/c1-10-7-8-11(9-10)14-16-13-6-4-2-3-5-12(13)15(18)17-14/h10-11H,2-9H2,1H3,(H,16,17,18). The summed E-state index contributed by atoms with van der Waals surface area (Å²) in [7, 11) is 0. The van der Waals surface area contributed by atoms with Gasteiger partial charge in [-0.3, -0.25) is 0 Å². The van der Waals surface area contributed by atoms with Crippen molar-refractivity contribution in [3.63, 3.8) is 0 Å². The SMILES string of the molecule is CC1CCC(c2nc(=S)c3c([nH]2)CCCCC3)C1. The third kappa shape index (κ3) is 2.37.